The van der Waals surface area contributed by atoms with E-state index >= 15 is 0 Å². The number of benzene rings is 1. The van der Waals surface area contributed by atoms with Gasteiger partial charge >= 0.3 is 0 Å². The minimum atomic E-state index is 1.11. The van der Waals surface area contributed by atoms with E-state index < -0.39 is 0 Å². The van der Waals surface area contributed by atoms with Gasteiger partial charge in [-0.05, 0) is 42.6 Å². The fourth-order valence-corrected chi connectivity index (χ4v) is 2.43. The first kappa shape index (κ1) is 14.2. The van der Waals surface area contributed by atoms with E-state index in [1.54, 1.807) is 5.56 Å². The molecule has 0 aliphatic carbocycles. The van der Waals surface area contributed by atoms with E-state index in [2.05, 4.69) is 50.8 Å². The van der Waals surface area contributed by atoms with Crippen LogP contribution < -0.4 is 0 Å². The molecule has 0 amide bonds. The second-order valence-electron chi connectivity index (χ2n) is 4.62. The second-order valence-corrected chi connectivity index (χ2v) is 4.62. The lowest BCUT2D eigenvalue weighted by molar-refractivity contribution is 0.295. The van der Waals surface area contributed by atoms with Crippen molar-refractivity contribution in [1.29, 1.82) is 0 Å². The van der Waals surface area contributed by atoms with Crippen LogP contribution in [0.3, 0.4) is 0 Å². The maximum absolute atomic E-state index is 2.49. The van der Waals surface area contributed by atoms with Crippen LogP contribution >= 0.6 is 0 Å². The average molecular weight is 233 g/mol. The van der Waals surface area contributed by atoms with Gasteiger partial charge in [0.25, 0.3) is 0 Å². The first-order valence-electron chi connectivity index (χ1n) is 7.08. The molecule has 0 fully saturated rings. The fraction of sp³-hybridized carbons (Fsp3) is 0.625. The van der Waals surface area contributed by atoms with Crippen LogP contribution in [0.25, 0.3) is 0 Å². The van der Waals surface area contributed by atoms with Crippen LogP contribution in [0.15, 0.2) is 18.2 Å². The van der Waals surface area contributed by atoms with E-state index in [0.717, 1.165) is 26.1 Å². The van der Waals surface area contributed by atoms with Crippen molar-refractivity contribution in [3.8, 4) is 0 Å². The van der Waals surface area contributed by atoms with E-state index in [4.69, 9.17) is 0 Å². The van der Waals surface area contributed by atoms with E-state index in [0.29, 0.717) is 0 Å². The summed E-state index contributed by atoms with van der Waals surface area (Å²) in [5, 5.41) is 0. The highest BCUT2D eigenvalue weighted by Crippen LogP contribution is 2.19. The van der Waals surface area contributed by atoms with Gasteiger partial charge in [-0.2, -0.15) is 0 Å². The van der Waals surface area contributed by atoms with Gasteiger partial charge in [0.2, 0.25) is 0 Å². The molecule has 1 aromatic rings. The van der Waals surface area contributed by atoms with Crippen molar-refractivity contribution in [3.63, 3.8) is 0 Å². The SMILES string of the molecule is CCCc1c(CC)cccc1CN(CC)CC. The van der Waals surface area contributed by atoms with Crippen molar-refractivity contribution in [2.45, 2.75) is 53.5 Å². The quantitative estimate of drug-likeness (QED) is 0.687. The Morgan fingerprint density at radius 1 is 0.941 bits per heavy atom. The van der Waals surface area contributed by atoms with Crippen molar-refractivity contribution in [2.24, 2.45) is 0 Å². The minimum Gasteiger partial charge on any atom is -0.300 e. The zero-order valence-electron chi connectivity index (χ0n) is 11.9. The van der Waals surface area contributed by atoms with Crippen molar-refractivity contribution >= 4 is 0 Å². The summed E-state index contributed by atoms with van der Waals surface area (Å²) in [6, 6.07) is 6.82. The molecule has 0 spiro atoms. The zero-order chi connectivity index (χ0) is 12.7. The molecule has 0 N–H and O–H groups in total. The van der Waals surface area contributed by atoms with Crippen molar-refractivity contribution in [3.05, 3.63) is 34.9 Å². The fourth-order valence-electron chi connectivity index (χ4n) is 2.43. The predicted molar refractivity (Wildman–Crippen MR) is 76.4 cm³/mol. The summed E-state index contributed by atoms with van der Waals surface area (Å²) in [6.45, 7) is 12.4. The van der Waals surface area contributed by atoms with Crippen molar-refractivity contribution in [1.82, 2.24) is 4.90 Å². The van der Waals surface area contributed by atoms with Gasteiger partial charge in [-0.1, -0.05) is 52.3 Å². The predicted octanol–water partition coefficient (Wildman–Crippen LogP) is 4.04. The molecule has 17 heavy (non-hydrogen) atoms. The third kappa shape index (κ3) is 3.85. The highest BCUT2D eigenvalue weighted by Gasteiger charge is 2.09. The lowest BCUT2D eigenvalue weighted by Crippen LogP contribution is -2.23. The second kappa shape index (κ2) is 7.50. The Kier molecular flexibility index (Phi) is 6.28. The van der Waals surface area contributed by atoms with Crippen LogP contribution in [0.1, 0.15) is 50.8 Å². The molecule has 0 aliphatic heterocycles. The van der Waals surface area contributed by atoms with E-state index in [-0.39, 0.29) is 0 Å². The molecule has 0 aliphatic rings. The van der Waals surface area contributed by atoms with Crippen LogP contribution in [0, 0.1) is 0 Å². The van der Waals surface area contributed by atoms with Crippen molar-refractivity contribution < 1.29 is 0 Å². The molecule has 0 atom stereocenters. The van der Waals surface area contributed by atoms with Crippen LogP contribution in [-0.2, 0) is 19.4 Å². The summed E-state index contributed by atoms with van der Waals surface area (Å²) >= 11 is 0. The summed E-state index contributed by atoms with van der Waals surface area (Å²) in [5.41, 5.74) is 4.68. The summed E-state index contributed by atoms with van der Waals surface area (Å²) < 4.78 is 0. The molecule has 1 heteroatoms. The smallest absolute Gasteiger partial charge is 0.0236 e. The largest absolute Gasteiger partial charge is 0.300 e. The first-order valence-corrected chi connectivity index (χ1v) is 7.08. The van der Waals surface area contributed by atoms with E-state index in [1.807, 2.05) is 0 Å². The molecular weight excluding hydrogens is 206 g/mol. The van der Waals surface area contributed by atoms with Gasteiger partial charge in [0.15, 0.2) is 0 Å². The van der Waals surface area contributed by atoms with E-state index in [1.165, 1.54) is 24.0 Å². The molecule has 1 rings (SSSR count). The maximum Gasteiger partial charge on any atom is 0.0236 e. The Morgan fingerprint density at radius 2 is 1.59 bits per heavy atom. The number of nitrogens with zero attached hydrogens (tertiary/aromatic N) is 1. The summed E-state index contributed by atoms with van der Waals surface area (Å²) in [5.74, 6) is 0. The molecule has 0 unspecified atom stereocenters. The van der Waals surface area contributed by atoms with Crippen LogP contribution in [0.5, 0.6) is 0 Å². The molecule has 0 saturated heterocycles. The third-order valence-corrected chi connectivity index (χ3v) is 3.54. The number of hydrogen-bond acceptors (Lipinski definition) is 1. The highest BCUT2D eigenvalue weighted by molar-refractivity contribution is 5.35. The Bertz CT molecular complexity index is 326. The standard InChI is InChI=1S/C16H27N/c1-5-10-16-14(6-2)11-9-12-15(16)13-17(7-3)8-4/h9,11-12H,5-8,10,13H2,1-4H3. The van der Waals surface area contributed by atoms with Crippen molar-refractivity contribution in [2.75, 3.05) is 13.1 Å². The number of rotatable bonds is 7. The lowest BCUT2D eigenvalue weighted by Gasteiger charge is -2.21. The highest BCUT2D eigenvalue weighted by atomic mass is 15.1. The van der Waals surface area contributed by atoms with E-state index in [9.17, 15) is 0 Å². The molecule has 1 aromatic carbocycles. The topological polar surface area (TPSA) is 3.24 Å². The molecule has 0 bridgehead atoms. The molecule has 96 valence electrons. The Balaban J connectivity index is 2.96. The van der Waals surface area contributed by atoms with Gasteiger partial charge in [-0.25, -0.2) is 0 Å². The molecule has 0 saturated carbocycles. The van der Waals surface area contributed by atoms with Gasteiger partial charge in [-0.3, -0.25) is 4.90 Å². The Morgan fingerprint density at radius 3 is 2.12 bits per heavy atom. The van der Waals surface area contributed by atoms with Crippen LogP contribution in [-0.4, -0.2) is 18.0 Å². The van der Waals surface area contributed by atoms with Gasteiger partial charge in [0, 0.05) is 6.54 Å². The van der Waals surface area contributed by atoms with Gasteiger partial charge < -0.3 is 0 Å². The number of aryl methyl sites for hydroxylation is 1. The molecule has 1 nitrogen and oxygen atoms in total. The van der Waals surface area contributed by atoms with Gasteiger partial charge in [0.05, 0.1) is 0 Å². The molecule has 0 aromatic heterocycles. The van der Waals surface area contributed by atoms with Gasteiger partial charge in [-0.15, -0.1) is 0 Å². The van der Waals surface area contributed by atoms with Gasteiger partial charge in [0.1, 0.15) is 0 Å². The average Bonchev–Trinajstić information content (AvgIpc) is 2.37. The molecule has 0 heterocycles. The summed E-state index contributed by atoms with van der Waals surface area (Å²) in [4.78, 5) is 2.49. The Hall–Kier alpha value is -0.820. The maximum atomic E-state index is 2.49. The Labute approximate surface area is 107 Å². The monoisotopic (exact) mass is 233 g/mol. The van der Waals surface area contributed by atoms with Crippen LogP contribution in [0.2, 0.25) is 0 Å². The summed E-state index contributed by atoms with van der Waals surface area (Å²) in [7, 11) is 0. The first-order chi connectivity index (χ1) is 8.26. The lowest BCUT2D eigenvalue weighted by atomic mass is 9.95. The minimum absolute atomic E-state index is 1.11. The third-order valence-electron chi connectivity index (χ3n) is 3.54. The van der Waals surface area contributed by atoms with Crippen LogP contribution in [0.4, 0.5) is 0 Å². The normalized spacial score (nSPS) is 11.1. The molecular formula is C16H27N. The number of hydrogen-bond donors (Lipinski definition) is 0. The molecule has 0 radical (unpaired) electrons. The zero-order valence-corrected chi connectivity index (χ0v) is 11.9. The summed E-state index contributed by atoms with van der Waals surface area (Å²) in [6.07, 6.45) is 3.62.